The molecule has 0 unspecified atom stereocenters. The number of nitrogens with zero attached hydrogens (tertiary/aromatic N) is 1. The van der Waals surface area contributed by atoms with E-state index in [1.54, 1.807) is 0 Å². The van der Waals surface area contributed by atoms with Gasteiger partial charge in [0.25, 0.3) is 0 Å². The Balaban J connectivity index is 2.10. The van der Waals surface area contributed by atoms with Crippen LogP contribution in [0.25, 0.3) is 0 Å². The molecule has 1 saturated carbocycles. The quantitative estimate of drug-likeness (QED) is 0.552. The van der Waals surface area contributed by atoms with Crippen LogP contribution in [0.3, 0.4) is 0 Å². The van der Waals surface area contributed by atoms with Crippen LogP contribution in [0.15, 0.2) is 24.3 Å². The Bertz CT molecular complexity index is 398. The van der Waals surface area contributed by atoms with E-state index in [4.69, 9.17) is 6.42 Å². The minimum atomic E-state index is 0.636. The third-order valence-electron chi connectivity index (χ3n) is 2.85. The van der Waals surface area contributed by atoms with Crippen LogP contribution < -0.4 is 4.90 Å². The first kappa shape index (κ1) is 10.8. The molecule has 1 fully saturated rings. The summed E-state index contributed by atoms with van der Waals surface area (Å²) in [5, 5.41) is 0. The maximum atomic E-state index is 10.6. The van der Waals surface area contributed by atoms with Gasteiger partial charge >= 0.3 is 0 Å². The first-order valence-corrected chi connectivity index (χ1v) is 5.57. The van der Waals surface area contributed by atoms with Crippen molar-refractivity contribution in [2.75, 3.05) is 18.0 Å². The Morgan fingerprint density at radius 3 is 2.56 bits per heavy atom. The highest BCUT2D eigenvalue weighted by Crippen LogP contribution is 2.31. The van der Waals surface area contributed by atoms with Gasteiger partial charge in [-0.15, -0.1) is 6.42 Å². The van der Waals surface area contributed by atoms with Crippen LogP contribution in [0.1, 0.15) is 23.2 Å². The molecule has 2 rings (SSSR count). The van der Waals surface area contributed by atoms with Crippen LogP contribution in [-0.2, 0) is 0 Å². The average Bonchev–Trinajstić information content (AvgIpc) is 3.13. The van der Waals surface area contributed by atoms with Crippen LogP contribution in [0.2, 0.25) is 0 Å². The lowest BCUT2D eigenvalue weighted by molar-refractivity contribution is 0.112. The maximum Gasteiger partial charge on any atom is 0.150 e. The molecule has 1 aromatic carbocycles. The summed E-state index contributed by atoms with van der Waals surface area (Å²) in [4.78, 5) is 12.8. The van der Waals surface area contributed by atoms with Gasteiger partial charge in [0.1, 0.15) is 6.29 Å². The topological polar surface area (TPSA) is 20.3 Å². The summed E-state index contributed by atoms with van der Waals surface area (Å²) in [6, 6.07) is 7.59. The number of benzene rings is 1. The van der Waals surface area contributed by atoms with E-state index in [-0.39, 0.29) is 0 Å². The number of rotatable bonds is 5. The lowest BCUT2D eigenvalue weighted by Gasteiger charge is -2.22. The molecule has 0 heterocycles. The summed E-state index contributed by atoms with van der Waals surface area (Å²) in [7, 11) is 0. The van der Waals surface area contributed by atoms with Gasteiger partial charge in [0.05, 0.1) is 6.54 Å². The second kappa shape index (κ2) is 4.85. The number of carbonyl (C=O) groups is 1. The van der Waals surface area contributed by atoms with Crippen molar-refractivity contribution in [3.63, 3.8) is 0 Å². The second-order valence-corrected chi connectivity index (χ2v) is 4.24. The van der Waals surface area contributed by atoms with E-state index >= 15 is 0 Å². The molecule has 1 aromatic rings. The van der Waals surface area contributed by atoms with Crippen LogP contribution in [0.5, 0.6) is 0 Å². The monoisotopic (exact) mass is 213 g/mol. The summed E-state index contributed by atoms with van der Waals surface area (Å²) in [6.45, 7) is 1.67. The first-order valence-electron chi connectivity index (χ1n) is 5.57. The number of terminal acetylenes is 1. The Hall–Kier alpha value is -1.75. The number of hydrogen-bond donors (Lipinski definition) is 0. The predicted molar refractivity (Wildman–Crippen MR) is 65.6 cm³/mol. The normalized spacial score (nSPS) is 14.2. The van der Waals surface area contributed by atoms with E-state index in [0.717, 1.165) is 24.4 Å². The molecule has 0 atom stereocenters. The first-order chi connectivity index (χ1) is 7.83. The lowest BCUT2D eigenvalue weighted by atomic mass is 10.2. The predicted octanol–water partition coefficient (Wildman–Crippen LogP) is 2.35. The number of hydrogen-bond acceptors (Lipinski definition) is 2. The van der Waals surface area contributed by atoms with Gasteiger partial charge in [0.2, 0.25) is 0 Å². The fraction of sp³-hybridized carbons (Fsp3) is 0.357. The molecule has 0 aromatic heterocycles. The van der Waals surface area contributed by atoms with Crippen LogP contribution in [0.4, 0.5) is 5.69 Å². The molecule has 0 spiro atoms. The molecule has 1 aliphatic rings. The Labute approximate surface area is 96.3 Å². The highest BCUT2D eigenvalue weighted by molar-refractivity contribution is 5.75. The molecule has 1 aliphatic carbocycles. The SMILES string of the molecule is C#CCN(CC1CC1)c1ccc(C=O)cc1. The molecule has 0 bridgehead atoms. The summed E-state index contributed by atoms with van der Waals surface area (Å²) in [5.41, 5.74) is 1.81. The molecule has 0 radical (unpaired) electrons. The van der Waals surface area contributed by atoms with Crippen molar-refractivity contribution >= 4 is 12.0 Å². The zero-order chi connectivity index (χ0) is 11.4. The summed E-state index contributed by atoms with van der Waals surface area (Å²) in [6.07, 6.45) is 8.85. The van der Waals surface area contributed by atoms with E-state index in [9.17, 15) is 4.79 Å². The van der Waals surface area contributed by atoms with E-state index in [1.165, 1.54) is 12.8 Å². The standard InChI is InChI=1S/C14H15NO/c1-2-9-15(10-12-3-4-12)14-7-5-13(11-16)6-8-14/h1,5-8,11-12H,3-4,9-10H2. The van der Waals surface area contributed by atoms with Crippen molar-refractivity contribution in [1.82, 2.24) is 0 Å². The van der Waals surface area contributed by atoms with Gasteiger partial charge in [-0.25, -0.2) is 0 Å². The molecule has 0 amide bonds. The maximum absolute atomic E-state index is 10.6. The van der Waals surface area contributed by atoms with Crippen LogP contribution >= 0.6 is 0 Å². The van der Waals surface area contributed by atoms with Crippen LogP contribution in [-0.4, -0.2) is 19.4 Å². The molecular weight excluding hydrogens is 198 g/mol. The van der Waals surface area contributed by atoms with Gasteiger partial charge in [-0.05, 0) is 43.0 Å². The third kappa shape index (κ3) is 2.64. The summed E-state index contributed by atoms with van der Waals surface area (Å²) < 4.78 is 0. The Morgan fingerprint density at radius 1 is 1.38 bits per heavy atom. The molecule has 16 heavy (non-hydrogen) atoms. The Morgan fingerprint density at radius 2 is 2.06 bits per heavy atom. The van der Waals surface area contributed by atoms with E-state index in [0.29, 0.717) is 12.1 Å². The van der Waals surface area contributed by atoms with E-state index in [2.05, 4.69) is 10.8 Å². The van der Waals surface area contributed by atoms with Crippen molar-refractivity contribution < 1.29 is 4.79 Å². The zero-order valence-electron chi connectivity index (χ0n) is 9.23. The zero-order valence-corrected chi connectivity index (χ0v) is 9.23. The number of aldehydes is 1. The average molecular weight is 213 g/mol. The van der Waals surface area contributed by atoms with Gasteiger partial charge in [-0.2, -0.15) is 0 Å². The number of anilines is 1. The molecule has 82 valence electrons. The van der Waals surface area contributed by atoms with Gasteiger partial charge in [0, 0.05) is 17.8 Å². The fourth-order valence-electron chi connectivity index (χ4n) is 1.75. The van der Waals surface area contributed by atoms with Crippen LogP contribution in [0, 0.1) is 18.3 Å². The van der Waals surface area contributed by atoms with Crippen molar-refractivity contribution in [2.24, 2.45) is 5.92 Å². The summed E-state index contributed by atoms with van der Waals surface area (Å²) in [5.74, 6) is 3.49. The minimum absolute atomic E-state index is 0.636. The lowest BCUT2D eigenvalue weighted by Crippen LogP contribution is -2.25. The highest BCUT2D eigenvalue weighted by atomic mass is 16.1. The number of carbonyl (C=O) groups excluding carboxylic acids is 1. The Kier molecular flexibility index (Phi) is 3.26. The smallest absolute Gasteiger partial charge is 0.150 e. The molecule has 2 nitrogen and oxygen atoms in total. The minimum Gasteiger partial charge on any atom is -0.360 e. The van der Waals surface area contributed by atoms with Gasteiger partial charge in [0.15, 0.2) is 0 Å². The molecule has 0 N–H and O–H groups in total. The third-order valence-corrected chi connectivity index (χ3v) is 2.85. The van der Waals surface area contributed by atoms with Crippen molar-refractivity contribution in [3.05, 3.63) is 29.8 Å². The van der Waals surface area contributed by atoms with Crippen molar-refractivity contribution in [2.45, 2.75) is 12.8 Å². The van der Waals surface area contributed by atoms with E-state index in [1.807, 2.05) is 24.3 Å². The van der Waals surface area contributed by atoms with Gasteiger partial charge in [-0.3, -0.25) is 4.79 Å². The summed E-state index contributed by atoms with van der Waals surface area (Å²) >= 11 is 0. The van der Waals surface area contributed by atoms with Crippen molar-refractivity contribution in [1.29, 1.82) is 0 Å². The molecule has 0 aliphatic heterocycles. The molecule has 0 saturated heterocycles. The van der Waals surface area contributed by atoms with Gasteiger partial charge in [-0.1, -0.05) is 5.92 Å². The second-order valence-electron chi connectivity index (χ2n) is 4.24. The largest absolute Gasteiger partial charge is 0.360 e. The highest BCUT2D eigenvalue weighted by Gasteiger charge is 2.24. The molecule has 2 heteroatoms. The van der Waals surface area contributed by atoms with Crippen molar-refractivity contribution in [3.8, 4) is 12.3 Å². The van der Waals surface area contributed by atoms with Gasteiger partial charge < -0.3 is 4.90 Å². The molecular formula is C14H15NO. The van der Waals surface area contributed by atoms with E-state index < -0.39 is 0 Å². The fourth-order valence-corrected chi connectivity index (χ4v) is 1.75.